The van der Waals surface area contributed by atoms with E-state index < -0.39 is 102 Å². The molecule has 0 saturated carbocycles. The Kier molecular flexibility index (Phi) is 28.1. The van der Waals surface area contributed by atoms with E-state index in [0.29, 0.717) is 48.0 Å². The van der Waals surface area contributed by atoms with Crippen molar-refractivity contribution in [2.45, 2.75) is 137 Å². The summed E-state index contributed by atoms with van der Waals surface area (Å²) in [6.45, 7) is 18.2. The molecule has 4 bridgehead atoms. The minimum atomic E-state index is -1.00. The van der Waals surface area contributed by atoms with E-state index in [2.05, 4.69) is 17.2 Å². The molecular formula is C62H85N3O17. The number of nitrogens with one attached hydrogen (secondary N) is 2. The van der Waals surface area contributed by atoms with Gasteiger partial charge < -0.3 is 60.5 Å². The molecule has 3 amide bonds. The SMILES string of the molecule is C=CCCC1=C2C[C@@H](C)C[C@H](CO)[C@H](O)[C@@H](C)/C=C(\C)[C@H](OC(C)=O)[C@@H](CO)/C=C\C=C(/C)C(=O)NC(=CC1=O)C2=O.COC1=C2C[C@@H](C)C[C@H](OC)[C@H](O)[C@@H](C)/C=C(\C)[C@H](OC(N)=O)[C@@H](OC)/C=C\C=C(/C)C(=O)NC(=CC1=O)C2=O. The third kappa shape index (κ3) is 19.6. The van der Waals surface area contributed by atoms with Crippen LogP contribution in [0.2, 0.25) is 0 Å². The van der Waals surface area contributed by atoms with Crippen molar-refractivity contribution in [3.8, 4) is 0 Å². The van der Waals surface area contributed by atoms with E-state index in [-0.39, 0.29) is 77.5 Å². The van der Waals surface area contributed by atoms with Gasteiger partial charge >= 0.3 is 12.1 Å². The largest absolute Gasteiger partial charge is 0.492 e. The summed E-state index contributed by atoms with van der Waals surface area (Å²) >= 11 is 0. The number of methoxy groups -OCH3 is 3. The van der Waals surface area contributed by atoms with Crippen molar-refractivity contribution in [3.05, 3.63) is 130 Å². The van der Waals surface area contributed by atoms with Gasteiger partial charge in [0.15, 0.2) is 17.6 Å². The number of ketones is 4. The summed E-state index contributed by atoms with van der Waals surface area (Å²) in [5, 5.41) is 47.8. The number of allylic oxidation sites excluding steroid dienone is 10. The van der Waals surface area contributed by atoms with Crippen molar-refractivity contribution < 1.29 is 82.5 Å². The van der Waals surface area contributed by atoms with Gasteiger partial charge in [-0.2, -0.15) is 0 Å². The summed E-state index contributed by atoms with van der Waals surface area (Å²) in [6.07, 6.45) is 12.5. The molecule has 2 heterocycles. The first kappa shape index (κ1) is 69.3. The Hall–Kier alpha value is -6.94. The number of hydrogen-bond acceptors (Lipinski definition) is 17. The second-order valence-corrected chi connectivity index (χ2v) is 21.4. The van der Waals surface area contributed by atoms with Crippen LogP contribution in [-0.2, 0) is 57.2 Å². The molecule has 0 aromatic rings. The minimum absolute atomic E-state index is 0.0801. The first-order valence-corrected chi connectivity index (χ1v) is 27.4. The standard InChI is InChI=1S/C33H45NO8.C29H40N2O9/c1-7-8-12-26-27-14-19(2)13-25(18-36)30(39)21(4)15-22(5)32(42-23(6)37)24(17-35)11-9-10-20(3)33(41)34-28(31(27)40)16-29(26)38;1-15-11-19-25(34)20(14-21(32)27(19)39-7)31-28(35)16(2)9-8-10-22(37-5)26(40-29(30)36)18(4)13-17(3)24(33)23(12-15)38-6/h7,9-11,15-16,19,21,24-25,30,32,35-36,39H,1,8,12-14,17-18H2,2-6H3,(H,34,41);8-10,13-15,17,22-24,26,33H,11-12H2,1-7H3,(H2,30,36)(H,31,35)/b11-9-,20-10+,22-15+;10-8-,16-9+,18-13+/t19-,21-,24+,25+,30+,32-;15-,17+,22+,23+,24-,26+/m01/s1. The number of primary amides is 1. The molecule has 82 heavy (non-hydrogen) atoms. The molecule has 450 valence electrons. The van der Waals surface area contributed by atoms with Gasteiger partial charge in [-0.05, 0) is 89.2 Å². The fraction of sp³-hybridized carbons (Fsp3) is 0.516. The summed E-state index contributed by atoms with van der Waals surface area (Å²) in [6, 6.07) is 0. The normalized spacial score (nSPS) is 32.2. The number of carbonyl (C=O) groups is 8. The highest BCUT2D eigenvalue weighted by Crippen LogP contribution is 2.34. The zero-order valence-electron chi connectivity index (χ0n) is 49.3. The fourth-order valence-electron chi connectivity index (χ4n) is 10.2. The number of ether oxygens (including phenoxy) is 5. The van der Waals surface area contributed by atoms with E-state index in [1.807, 2.05) is 13.8 Å². The molecule has 8 N–H and O–H groups in total. The lowest BCUT2D eigenvalue weighted by Gasteiger charge is -2.30. The van der Waals surface area contributed by atoms with Crippen LogP contribution in [-0.4, -0.2) is 139 Å². The van der Waals surface area contributed by atoms with Crippen molar-refractivity contribution >= 4 is 47.0 Å². The molecular weight excluding hydrogens is 1060 g/mol. The van der Waals surface area contributed by atoms with Crippen LogP contribution in [0.3, 0.4) is 0 Å². The summed E-state index contributed by atoms with van der Waals surface area (Å²) in [7, 11) is 4.21. The molecule has 0 aromatic heterocycles. The van der Waals surface area contributed by atoms with E-state index in [0.717, 1.165) is 12.2 Å². The zero-order valence-corrected chi connectivity index (χ0v) is 49.3. The smallest absolute Gasteiger partial charge is 0.405 e. The van der Waals surface area contributed by atoms with Crippen LogP contribution in [0.4, 0.5) is 4.79 Å². The highest BCUT2D eigenvalue weighted by atomic mass is 16.6. The Morgan fingerprint density at radius 1 is 0.707 bits per heavy atom. The first-order valence-electron chi connectivity index (χ1n) is 27.4. The van der Waals surface area contributed by atoms with Gasteiger partial charge in [-0.25, -0.2) is 4.79 Å². The average molecular weight is 1140 g/mol. The van der Waals surface area contributed by atoms with Crippen LogP contribution in [0.25, 0.3) is 0 Å². The van der Waals surface area contributed by atoms with Crippen molar-refractivity contribution in [3.63, 3.8) is 0 Å². The number of Topliss-reactive ketones (excluding diaryl/α,β-unsaturated/α-hetero) is 2. The van der Waals surface area contributed by atoms with Crippen molar-refractivity contribution in [2.75, 3.05) is 34.5 Å². The molecule has 20 heteroatoms. The third-order valence-electron chi connectivity index (χ3n) is 14.7. The van der Waals surface area contributed by atoms with Crippen LogP contribution in [0, 0.1) is 35.5 Å². The Labute approximate surface area is 481 Å². The van der Waals surface area contributed by atoms with E-state index in [1.165, 1.54) is 47.3 Å². The monoisotopic (exact) mass is 1140 g/mol. The van der Waals surface area contributed by atoms with Gasteiger partial charge in [0.2, 0.25) is 17.3 Å². The maximum absolute atomic E-state index is 13.6. The maximum Gasteiger partial charge on any atom is 0.405 e. The molecule has 0 unspecified atom stereocenters. The van der Waals surface area contributed by atoms with E-state index in [9.17, 15) is 58.8 Å². The maximum atomic E-state index is 13.6. The first-order chi connectivity index (χ1) is 38.7. The number of nitrogens with two attached hydrogens (primary N) is 1. The van der Waals surface area contributed by atoms with Crippen LogP contribution in [0.5, 0.6) is 0 Å². The molecule has 0 spiro atoms. The van der Waals surface area contributed by atoms with Crippen molar-refractivity contribution in [1.29, 1.82) is 0 Å². The molecule has 4 aliphatic rings. The summed E-state index contributed by atoms with van der Waals surface area (Å²) in [5.41, 5.74) is 7.57. The number of amides is 3. The zero-order chi connectivity index (χ0) is 61.7. The number of carbonyl (C=O) groups excluding carboxylic acids is 8. The number of aliphatic hydroxyl groups excluding tert-OH is 4. The highest BCUT2D eigenvalue weighted by Gasteiger charge is 2.36. The quantitative estimate of drug-likeness (QED) is 0.0768. The fourth-order valence-corrected chi connectivity index (χ4v) is 10.2. The second-order valence-electron chi connectivity index (χ2n) is 21.4. The Morgan fingerprint density at radius 3 is 1.74 bits per heavy atom. The number of hydrogen-bond donors (Lipinski definition) is 7. The van der Waals surface area contributed by atoms with Gasteiger partial charge in [-0.1, -0.05) is 82.4 Å². The van der Waals surface area contributed by atoms with Gasteiger partial charge in [0.1, 0.15) is 12.2 Å². The highest BCUT2D eigenvalue weighted by molar-refractivity contribution is 6.24. The lowest BCUT2D eigenvalue weighted by molar-refractivity contribution is -0.146. The van der Waals surface area contributed by atoms with E-state index >= 15 is 0 Å². The minimum Gasteiger partial charge on any atom is -0.492 e. The third-order valence-corrected chi connectivity index (χ3v) is 14.7. The average Bonchev–Trinajstić information content (AvgIpc) is 3.51. The molecule has 0 saturated heterocycles. The number of aliphatic hydroxyl groups is 4. The molecule has 4 rings (SSSR count). The van der Waals surface area contributed by atoms with Crippen LogP contribution in [0.15, 0.2) is 130 Å². The predicted octanol–water partition coefficient (Wildman–Crippen LogP) is 5.83. The second kappa shape index (κ2) is 33.2. The van der Waals surface area contributed by atoms with Gasteiger partial charge in [0.25, 0.3) is 11.8 Å². The number of fused-ring (bicyclic) bond motifs is 4. The lowest BCUT2D eigenvalue weighted by atomic mass is 9.79. The molecule has 2 aliphatic heterocycles. The Morgan fingerprint density at radius 2 is 1.23 bits per heavy atom. The van der Waals surface area contributed by atoms with Gasteiger partial charge in [0.05, 0.1) is 43.4 Å². The Bertz CT molecular complexity index is 2720. The molecule has 2 aliphatic carbocycles. The molecule has 0 radical (unpaired) electrons. The lowest BCUT2D eigenvalue weighted by Crippen LogP contribution is -2.37. The number of esters is 1. The topological polar surface area (TPSA) is 314 Å². The predicted molar refractivity (Wildman–Crippen MR) is 306 cm³/mol. The van der Waals surface area contributed by atoms with Crippen molar-refractivity contribution in [1.82, 2.24) is 10.6 Å². The Balaban J connectivity index is 0.000000431. The van der Waals surface area contributed by atoms with Crippen molar-refractivity contribution in [2.24, 2.45) is 41.2 Å². The van der Waals surface area contributed by atoms with Crippen LogP contribution >= 0.6 is 0 Å². The van der Waals surface area contributed by atoms with Crippen LogP contribution in [0.1, 0.15) is 101 Å². The van der Waals surface area contributed by atoms with Gasteiger partial charge in [0, 0.05) is 91.4 Å². The summed E-state index contributed by atoms with van der Waals surface area (Å²) < 4.78 is 27.3. The van der Waals surface area contributed by atoms with E-state index in [1.54, 1.807) is 77.2 Å². The molecule has 0 fully saturated rings. The number of rotatable bonds is 10. The molecule has 20 nitrogen and oxygen atoms in total. The molecule has 0 aromatic carbocycles. The van der Waals surface area contributed by atoms with Crippen LogP contribution < -0.4 is 16.4 Å². The van der Waals surface area contributed by atoms with E-state index in [4.69, 9.17) is 29.4 Å². The molecule has 12 atom stereocenters. The van der Waals surface area contributed by atoms with Gasteiger partial charge in [-0.15, -0.1) is 6.58 Å². The summed E-state index contributed by atoms with van der Waals surface area (Å²) in [5.74, 6) is -6.14. The summed E-state index contributed by atoms with van der Waals surface area (Å²) in [4.78, 5) is 102. The van der Waals surface area contributed by atoms with Gasteiger partial charge in [-0.3, -0.25) is 33.6 Å².